The van der Waals surface area contributed by atoms with Crippen molar-refractivity contribution in [3.8, 4) is 0 Å². The van der Waals surface area contributed by atoms with Crippen molar-refractivity contribution in [3.05, 3.63) is 58.9 Å². The van der Waals surface area contributed by atoms with E-state index in [1.165, 1.54) is 4.57 Å². The Bertz CT molecular complexity index is 914. The molecule has 0 saturated heterocycles. The third-order valence-corrected chi connectivity index (χ3v) is 5.34. The molecular weight excluding hydrogens is 347 g/mol. The summed E-state index contributed by atoms with van der Waals surface area (Å²) in [6, 6.07) is 6.20. The topological polar surface area (TPSA) is 38.0 Å². The van der Waals surface area contributed by atoms with E-state index < -0.39 is 49.7 Å². The van der Waals surface area contributed by atoms with Gasteiger partial charge in [0.05, 0.1) is 11.0 Å². The van der Waals surface area contributed by atoms with Gasteiger partial charge < -0.3 is 9.36 Å². The normalized spacial score (nSPS) is 11.7. The molecule has 9 heteroatoms. The minimum absolute atomic E-state index is 0.158. The van der Waals surface area contributed by atoms with Gasteiger partial charge in [-0.3, -0.25) is 0 Å². The Balaban J connectivity index is 2.04. The average Bonchev–Trinajstić information content (AvgIpc) is 2.92. The summed E-state index contributed by atoms with van der Waals surface area (Å²) in [5.74, 6) is -10.1. The van der Waals surface area contributed by atoms with Crippen LogP contribution in [0.3, 0.4) is 0 Å². The third-order valence-electron chi connectivity index (χ3n) is 3.69. The van der Waals surface area contributed by atoms with Crippen molar-refractivity contribution < 1.29 is 26.7 Å². The zero-order valence-corrected chi connectivity index (χ0v) is 13.2. The standard InChI is InChI=1S/C15H10F5N2OSi/c1-22-9-5-3-2-4-8(9)21-15(22)24(23)6-7-10(16)12(18)14(20)13(19)11(7)17/h2-5,23H,6H2,1H3. The lowest BCUT2D eigenvalue weighted by molar-refractivity contribution is 0.371. The lowest BCUT2D eigenvalue weighted by Crippen LogP contribution is -2.40. The van der Waals surface area contributed by atoms with E-state index in [1.54, 1.807) is 31.3 Å². The van der Waals surface area contributed by atoms with Gasteiger partial charge in [0, 0.05) is 18.7 Å². The summed E-state index contributed by atoms with van der Waals surface area (Å²) in [5.41, 5.74) is 0.366. The molecule has 1 N–H and O–H groups in total. The number of rotatable bonds is 3. The molecule has 3 rings (SSSR count). The van der Waals surface area contributed by atoms with E-state index in [0.29, 0.717) is 11.0 Å². The first-order chi connectivity index (χ1) is 11.3. The Morgan fingerprint density at radius 3 is 2.08 bits per heavy atom. The Morgan fingerprint density at radius 1 is 0.958 bits per heavy atom. The highest BCUT2D eigenvalue weighted by atomic mass is 28.3. The highest BCUT2D eigenvalue weighted by Gasteiger charge is 2.30. The predicted molar refractivity (Wildman–Crippen MR) is 78.3 cm³/mol. The van der Waals surface area contributed by atoms with Crippen LogP contribution in [-0.4, -0.2) is 23.4 Å². The molecule has 2 aromatic carbocycles. The fraction of sp³-hybridized carbons (Fsp3) is 0.133. The summed E-state index contributed by atoms with van der Waals surface area (Å²) in [5, 5.41) is 0. The highest BCUT2D eigenvalue weighted by molar-refractivity contribution is 6.64. The van der Waals surface area contributed by atoms with Crippen molar-refractivity contribution in [1.82, 2.24) is 9.55 Å². The SMILES string of the molecule is Cn1c([Si](O)Cc2c(F)c(F)c(F)c(F)c2F)nc2ccccc21. The smallest absolute Gasteiger partial charge is 0.291 e. The van der Waals surface area contributed by atoms with Gasteiger partial charge in [-0.1, -0.05) is 12.1 Å². The molecule has 1 aromatic heterocycles. The summed E-state index contributed by atoms with van der Waals surface area (Å²) in [7, 11) is -1.08. The zero-order chi connectivity index (χ0) is 17.6. The Labute approximate surface area is 134 Å². The molecule has 0 spiro atoms. The number of para-hydroxylation sites is 2. The molecule has 0 aliphatic heterocycles. The van der Waals surface area contributed by atoms with E-state index in [2.05, 4.69) is 4.98 Å². The van der Waals surface area contributed by atoms with Crippen LogP contribution in [0.2, 0.25) is 0 Å². The molecule has 0 bridgehead atoms. The number of benzene rings is 2. The lowest BCUT2D eigenvalue weighted by Gasteiger charge is -2.11. The maximum atomic E-state index is 13.7. The van der Waals surface area contributed by atoms with Crippen LogP contribution in [-0.2, 0) is 13.1 Å². The molecule has 0 saturated carbocycles. The molecule has 0 aliphatic carbocycles. The number of aryl methyl sites for hydroxylation is 1. The van der Waals surface area contributed by atoms with E-state index >= 15 is 0 Å². The first-order valence-corrected chi connectivity index (χ1v) is 8.45. The van der Waals surface area contributed by atoms with Crippen molar-refractivity contribution in [1.29, 1.82) is 0 Å². The van der Waals surface area contributed by atoms with E-state index in [4.69, 9.17) is 0 Å². The summed E-state index contributed by atoms with van der Waals surface area (Å²) in [6.07, 6.45) is 0. The summed E-state index contributed by atoms with van der Waals surface area (Å²) < 4.78 is 68.6. The number of halogens is 5. The first kappa shape index (κ1) is 16.6. The molecule has 1 radical (unpaired) electrons. The van der Waals surface area contributed by atoms with Gasteiger partial charge in [0.1, 0.15) is 5.45 Å². The predicted octanol–water partition coefficient (Wildman–Crippen LogP) is 2.24. The zero-order valence-electron chi connectivity index (χ0n) is 12.2. The van der Waals surface area contributed by atoms with Gasteiger partial charge in [-0.25, -0.2) is 26.9 Å². The Kier molecular flexibility index (Phi) is 4.14. The quantitative estimate of drug-likeness (QED) is 0.338. The van der Waals surface area contributed by atoms with E-state index in [9.17, 15) is 26.7 Å². The molecular formula is C15H10F5N2OSi. The van der Waals surface area contributed by atoms with Crippen molar-refractivity contribution in [2.45, 2.75) is 6.04 Å². The maximum Gasteiger partial charge on any atom is 0.291 e. The molecule has 3 aromatic rings. The molecule has 24 heavy (non-hydrogen) atoms. The van der Waals surface area contributed by atoms with Gasteiger partial charge in [0.15, 0.2) is 23.3 Å². The average molecular weight is 357 g/mol. The first-order valence-electron chi connectivity index (χ1n) is 6.79. The second-order valence-corrected chi connectivity index (χ2v) is 6.85. The molecule has 0 fully saturated rings. The van der Waals surface area contributed by atoms with E-state index in [1.807, 2.05) is 0 Å². The van der Waals surface area contributed by atoms with E-state index in [0.717, 1.165) is 0 Å². The minimum Gasteiger partial charge on any atom is -0.425 e. The van der Waals surface area contributed by atoms with Gasteiger partial charge in [-0.05, 0) is 12.1 Å². The van der Waals surface area contributed by atoms with Gasteiger partial charge in [-0.15, -0.1) is 0 Å². The number of imidazole rings is 1. The van der Waals surface area contributed by atoms with Gasteiger partial charge in [0.2, 0.25) is 5.82 Å². The molecule has 1 heterocycles. The monoisotopic (exact) mass is 357 g/mol. The van der Waals surface area contributed by atoms with Gasteiger partial charge in [0.25, 0.3) is 9.04 Å². The summed E-state index contributed by atoms with van der Waals surface area (Å²) in [4.78, 5) is 14.5. The van der Waals surface area contributed by atoms with Crippen LogP contribution >= 0.6 is 0 Å². The van der Waals surface area contributed by atoms with Crippen LogP contribution in [0.5, 0.6) is 0 Å². The maximum absolute atomic E-state index is 13.7. The molecule has 0 unspecified atom stereocenters. The molecule has 0 aliphatic rings. The van der Waals surface area contributed by atoms with Crippen LogP contribution in [0.4, 0.5) is 22.0 Å². The lowest BCUT2D eigenvalue weighted by atomic mass is 10.2. The van der Waals surface area contributed by atoms with Crippen molar-refractivity contribution >= 4 is 25.5 Å². The van der Waals surface area contributed by atoms with Gasteiger partial charge >= 0.3 is 0 Å². The third kappa shape index (κ3) is 2.49. The fourth-order valence-electron chi connectivity index (χ4n) is 2.46. The highest BCUT2D eigenvalue weighted by Crippen LogP contribution is 2.23. The van der Waals surface area contributed by atoms with E-state index in [-0.39, 0.29) is 5.45 Å². The summed E-state index contributed by atoms with van der Waals surface area (Å²) >= 11 is 0. The van der Waals surface area contributed by atoms with Crippen LogP contribution in [0.25, 0.3) is 11.0 Å². The Hall–Kier alpha value is -2.26. The van der Waals surface area contributed by atoms with Crippen LogP contribution in [0.15, 0.2) is 24.3 Å². The summed E-state index contributed by atoms with van der Waals surface area (Å²) in [6.45, 7) is 0. The van der Waals surface area contributed by atoms with Gasteiger partial charge in [-0.2, -0.15) is 0 Å². The van der Waals surface area contributed by atoms with Crippen molar-refractivity contribution in [3.63, 3.8) is 0 Å². The fourth-order valence-corrected chi connectivity index (χ4v) is 4.02. The molecule has 125 valence electrons. The minimum atomic E-state index is -2.68. The van der Waals surface area contributed by atoms with Crippen molar-refractivity contribution in [2.24, 2.45) is 7.05 Å². The second-order valence-electron chi connectivity index (χ2n) is 5.16. The molecule has 0 atom stereocenters. The molecule has 0 amide bonds. The van der Waals surface area contributed by atoms with Crippen LogP contribution in [0.1, 0.15) is 5.56 Å². The number of fused-ring (bicyclic) bond motifs is 1. The number of aromatic nitrogens is 2. The second kappa shape index (κ2) is 5.99. The largest absolute Gasteiger partial charge is 0.425 e. The Morgan fingerprint density at radius 2 is 1.50 bits per heavy atom. The van der Waals surface area contributed by atoms with Crippen LogP contribution in [0, 0.1) is 29.1 Å². The number of hydrogen-bond acceptors (Lipinski definition) is 2. The van der Waals surface area contributed by atoms with Crippen molar-refractivity contribution in [2.75, 3.05) is 0 Å². The molecule has 3 nitrogen and oxygen atoms in total. The van der Waals surface area contributed by atoms with Crippen LogP contribution < -0.4 is 5.45 Å². The number of nitrogens with zero attached hydrogens (tertiary/aromatic N) is 2. The number of hydrogen-bond donors (Lipinski definition) is 1.